The molecule has 26 heavy (non-hydrogen) atoms. The molecule has 0 N–H and O–H groups in total. The summed E-state index contributed by atoms with van der Waals surface area (Å²) >= 11 is 0. The van der Waals surface area contributed by atoms with Gasteiger partial charge in [0.05, 0.1) is 7.11 Å². The maximum Gasteiger partial charge on any atom is 0.166 e. The van der Waals surface area contributed by atoms with Gasteiger partial charge in [0.15, 0.2) is 11.7 Å². The molecule has 1 fully saturated rings. The third-order valence-electron chi connectivity index (χ3n) is 5.60. The van der Waals surface area contributed by atoms with Gasteiger partial charge in [-0.1, -0.05) is 37.6 Å². The van der Waals surface area contributed by atoms with Gasteiger partial charge < -0.3 is 4.74 Å². The van der Waals surface area contributed by atoms with Crippen LogP contribution < -0.4 is 4.74 Å². The number of methoxy groups -OCH3 is 1. The van der Waals surface area contributed by atoms with E-state index in [2.05, 4.69) is 6.92 Å². The van der Waals surface area contributed by atoms with Crippen LogP contribution in [0.4, 0.5) is 8.78 Å². The van der Waals surface area contributed by atoms with Crippen molar-refractivity contribution in [1.82, 2.24) is 0 Å². The Bertz CT molecular complexity index is 739. The molecule has 0 spiro atoms. The maximum absolute atomic E-state index is 14.5. The molecule has 0 bridgehead atoms. The summed E-state index contributed by atoms with van der Waals surface area (Å²) < 4.78 is 34.0. The third kappa shape index (κ3) is 4.14. The molecule has 0 saturated heterocycles. The van der Waals surface area contributed by atoms with Crippen LogP contribution in [0.15, 0.2) is 48.5 Å². The van der Waals surface area contributed by atoms with E-state index in [1.54, 1.807) is 24.3 Å². The monoisotopic (exact) mass is 356 g/mol. The topological polar surface area (TPSA) is 9.23 Å². The molecule has 1 saturated carbocycles. The zero-order valence-electron chi connectivity index (χ0n) is 15.5. The molecule has 3 heteroatoms. The fourth-order valence-corrected chi connectivity index (χ4v) is 3.80. The molecule has 0 atom stereocenters. The highest BCUT2D eigenvalue weighted by Crippen LogP contribution is 2.37. The SMILES string of the molecule is CCC1CCC(c2ccc(/C(F)=C(\F)c3ccc(OC)cc3)cc2)CC1. The summed E-state index contributed by atoms with van der Waals surface area (Å²) in [4.78, 5) is 0. The number of ether oxygens (including phenoxy) is 1. The van der Waals surface area contributed by atoms with Crippen molar-refractivity contribution in [2.75, 3.05) is 7.11 Å². The van der Waals surface area contributed by atoms with Crippen LogP contribution in [0.2, 0.25) is 0 Å². The van der Waals surface area contributed by atoms with Gasteiger partial charge in [-0.15, -0.1) is 0 Å². The molecule has 3 rings (SSSR count). The van der Waals surface area contributed by atoms with Gasteiger partial charge in [0.25, 0.3) is 0 Å². The van der Waals surface area contributed by atoms with Crippen molar-refractivity contribution in [2.45, 2.75) is 44.9 Å². The largest absolute Gasteiger partial charge is 0.497 e. The highest BCUT2D eigenvalue weighted by molar-refractivity contribution is 5.83. The second kappa shape index (κ2) is 8.48. The maximum atomic E-state index is 14.5. The first-order chi connectivity index (χ1) is 12.6. The van der Waals surface area contributed by atoms with E-state index in [9.17, 15) is 8.78 Å². The summed E-state index contributed by atoms with van der Waals surface area (Å²) in [5.74, 6) is 0.346. The summed E-state index contributed by atoms with van der Waals surface area (Å²) in [6.07, 6.45) is 6.17. The van der Waals surface area contributed by atoms with E-state index in [1.807, 2.05) is 12.1 Å². The van der Waals surface area contributed by atoms with E-state index in [0.29, 0.717) is 11.7 Å². The Morgan fingerprint density at radius 1 is 0.846 bits per heavy atom. The van der Waals surface area contributed by atoms with E-state index in [1.165, 1.54) is 56.9 Å². The van der Waals surface area contributed by atoms with Crippen LogP contribution in [0.5, 0.6) is 5.75 Å². The van der Waals surface area contributed by atoms with Crippen molar-refractivity contribution >= 4 is 11.7 Å². The molecule has 2 aromatic carbocycles. The van der Waals surface area contributed by atoms with Crippen molar-refractivity contribution in [3.63, 3.8) is 0 Å². The second-order valence-electron chi connectivity index (χ2n) is 7.10. The van der Waals surface area contributed by atoms with Crippen LogP contribution in [-0.2, 0) is 0 Å². The van der Waals surface area contributed by atoms with Gasteiger partial charge in [-0.05, 0) is 67.3 Å². The Hall–Kier alpha value is -2.16. The normalized spacial score (nSPS) is 21.2. The van der Waals surface area contributed by atoms with Crippen molar-refractivity contribution < 1.29 is 13.5 Å². The van der Waals surface area contributed by atoms with Gasteiger partial charge in [-0.25, -0.2) is 8.78 Å². The molecule has 1 aliphatic rings. The average Bonchev–Trinajstić information content (AvgIpc) is 2.73. The Balaban J connectivity index is 1.74. The predicted molar refractivity (Wildman–Crippen MR) is 103 cm³/mol. The number of hydrogen-bond acceptors (Lipinski definition) is 1. The van der Waals surface area contributed by atoms with Gasteiger partial charge in [0.1, 0.15) is 5.75 Å². The molecule has 138 valence electrons. The highest BCUT2D eigenvalue weighted by atomic mass is 19.2. The molecule has 0 radical (unpaired) electrons. The lowest BCUT2D eigenvalue weighted by molar-refractivity contribution is 0.319. The van der Waals surface area contributed by atoms with E-state index in [4.69, 9.17) is 4.74 Å². The Morgan fingerprint density at radius 3 is 1.81 bits per heavy atom. The molecule has 2 aromatic rings. The Morgan fingerprint density at radius 2 is 1.35 bits per heavy atom. The van der Waals surface area contributed by atoms with Crippen molar-refractivity contribution in [3.05, 3.63) is 65.2 Å². The summed E-state index contributed by atoms with van der Waals surface area (Å²) in [5, 5.41) is 0. The lowest BCUT2D eigenvalue weighted by atomic mass is 9.78. The lowest BCUT2D eigenvalue weighted by Crippen LogP contribution is -2.12. The van der Waals surface area contributed by atoms with Gasteiger partial charge in [0, 0.05) is 11.1 Å². The fraction of sp³-hybridized carbons (Fsp3) is 0.391. The van der Waals surface area contributed by atoms with E-state index in [-0.39, 0.29) is 11.1 Å². The first-order valence-electron chi connectivity index (χ1n) is 9.42. The first kappa shape index (κ1) is 18.6. The predicted octanol–water partition coefficient (Wildman–Crippen LogP) is 7.14. The summed E-state index contributed by atoms with van der Waals surface area (Å²) in [6, 6.07) is 13.6. The first-order valence-corrected chi connectivity index (χ1v) is 9.42. The fourth-order valence-electron chi connectivity index (χ4n) is 3.80. The van der Waals surface area contributed by atoms with Crippen LogP contribution in [0.1, 0.15) is 61.6 Å². The molecular formula is C23H26F2O. The van der Waals surface area contributed by atoms with Crippen molar-refractivity contribution in [3.8, 4) is 5.75 Å². The zero-order valence-corrected chi connectivity index (χ0v) is 15.5. The Kier molecular flexibility index (Phi) is 6.08. The summed E-state index contributed by atoms with van der Waals surface area (Å²) in [5.41, 5.74) is 1.73. The summed E-state index contributed by atoms with van der Waals surface area (Å²) in [6.45, 7) is 2.26. The van der Waals surface area contributed by atoms with E-state index >= 15 is 0 Å². The van der Waals surface area contributed by atoms with Crippen molar-refractivity contribution in [2.24, 2.45) is 5.92 Å². The molecule has 0 amide bonds. The number of rotatable bonds is 5. The minimum atomic E-state index is -0.844. The van der Waals surface area contributed by atoms with E-state index < -0.39 is 11.7 Å². The second-order valence-corrected chi connectivity index (χ2v) is 7.10. The van der Waals surface area contributed by atoms with Gasteiger partial charge in [-0.3, -0.25) is 0 Å². The zero-order chi connectivity index (χ0) is 18.5. The smallest absolute Gasteiger partial charge is 0.166 e. The quantitative estimate of drug-likeness (QED) is 0.517. The molecule has 0 aliphatic heterocycles. The minimum absolute atomic E-state index is 0.213. The van der Waals surface area contributed by atoms with Gasteiger partial charge >= 0.3 is 0 Å². The molecule has 0 unspecified atom stereocenters. The standard InChI is InChI=1S/C23H26F2O/c1-3-16-4-6-17(7-5-16)18-8-10-19(11-9-18)22(24)23(25)20-12-14-21(26-2)15-13-20/h8-17H,3-7H2,1-2H3/b23-22+. The van der Waals surface area contributed by atoms with Crippen molar-refractivity contribution in [1.29, 1.82) is 0 Å². The highest BCUT2D eigenvalue weighted by Gasteiger charge is 2.21. The van der Waals surface area contributed by atoms with E-state index in [0.717, 1.165) is 5.92 Å². The van der Waals surface area contributed by atoms with Crippen LogP contribution >= 0.6 is 0 Å². The number of halogens is 2. The number of hydrogen-bond donors (Lipinski definition) is 0. The van der Waals surface area contributed by atoms with Gasteiger partial charge in [-0.2, -0.15) is 0 Å². The van der Waals surface area contributed by atoms with Crippen LogP contribution in [0, 0.1) is 5.92 Å². The minimum Gasteiger partial charge on any atom is -0.497 e. The summed E-state index contributed by atoms with van der Waals surface area (Å²) in [7, 11) is 1.54. The molecular weight excluding hydrogens is 330 g/mol. The number of benzene rings is 2. The van der Waals surface area contributed by atoms with Crippen LogP contribution in [-0.4, -0.2) is 7.11 Å². The lowest BCUT2D eigenvalue weighted by Gasteiger charge is -2.28. The molecule has 0 aromatic heterocycles. The van der Waals surface area contributed by atoms with Crippen LogP contribution in [0.25, 0.3) is 11.7 Å². The van der Waals surface area contributed by atoms with Crippen LogP contribution in [0.3, 0.4) is 0 Å². The molecule has 1 aliphatic carbocycles. The third-order valence-corrected chi connectivity index (χ3v) is 5.60. The molecule has 0 heterocycles. The van der Waals surface area contributed by atoms with Gasteiger partial charge in [0.2, 0.25) is 0 Å². The molecule has 1 nitrogen and oxygen atoms in total. The average molecular weight is 356 g/mol. The Labute approximate surface area is 154 Å².